The van der Waals surface area contributed by atoms with Crippen molar-refractivity contribution in [3.05, 3.63) is 28.8 Å². The number of hydrogen-bond donors (Lipinski definition) is 1. The summed E-state index contributed by atoms with van der Waals surface area (Å²) in [4.78, 5) is 11.8. The van der Waals surface area contributed by atoms with E-state index in [1.54, 1.807) is 12.1 Å². The maximum Gasteiger partial charge on any atom is 0.310 e. The second-order valence-corrected chi connectivity index (χ2v) is 3.92. The Morgan fingerprint density at radius 2 is 2.19 bits per heavy atom. The molecule has 0 radical (unpaired) electrons. The number of esters is 1. The topological polar surface area (TPSA) is 50.1 Å². The molecule has 0 aliphatic heterocycles. The highest BCUT2D eigenvalue weighted by Gasteiger charge is 2.12. The number of methoxy groups -OCH3 is 1. The van der Waals surface area contributed by atoms with Gasteiger partial charge in [0.05, 0.1) is 25.2 Å². The quantitative estimate of drug-likeness (QED) is 0.512. The maximum atomic E-state index is 11.2. The molecule has 0 saturated heterocycles. The van der Waals surface area contributed by atoms with Crippen molar-refractivity contribution < 1.29 is 9.53 Å². The molecule has 0 aromatic heterocycles. The maximum absolute atomic E-state index is 11.2. The smallest absolute Gasteiger partial charge is 0.310 e. The summed E-state index contributed by atoms with van der Waals surface area (Å²) in [5.41, 5.74) is 1.70. The van der Waals surface area contributed by atoms with Gasteiger partial charge in [-0.3, -0.25) is 4.79 Å². The van der Waals surface area contributed by atoms with Crippen molar-refractivity contribution in [1.82, 2.24) is 0 Å². The van der Waals surface area contributed by atoms with Crippen molar-refractivity contribution in [1.29, 1.82) is 5.26 Å². The first-order valence-corrected chi connectivity index (χ1v) is 5.48. The number of alkyl halides is 1. The standard InChI is InChI=1S/C11H10ClNO2S/c1-15-11(14)4-7-2-9(16)3-8(5-12)10(7)6-13/h2-3,16H,4-5H2,1H3. The van der Waals surface area contributed by atoms with E-state index in [1.807, 2.05) is 6.07 Å². The fourth-order valence-corrected chi connectivity index (χ4v) is 1.89. The zero-order valence-electron chi connectivity index (χ0n) is 8.66. The summed E-state index contributed by atoms with van der Waals surface area (Å²) in [6.07, 6.45) is 0.0533. The third-order valence-corrected chi connectivity index (χ3v) is 2.65. The van der Waals surface area contributed by atoms with Crippen LogP contribution in [0.15, 0.2) is 17.0 Å². The van der Waals surface area contributed by atoms with Crippen LogP contribution in [0.3, 0.4) is 0 Å². The van der Waals surface area contributed by atoms with Gasteiger partial charge in [0, 0.05) is 10.8 Å². The van der Waals surface area contributed by atoms with Gasteiger partial charge in [0.15, 0.2) is 0 Å². The van der Waals surface area contributed by atoms with Crippen molar-refractivity contribution in [2.24, 2.45) is 0 Å². The summed E-state index contributed by atoms with van der Waals surface area (Å²) in [6, 6.07) is 5.44. The second kappa shape index (κ2) is 5.78. The molecule has 84 valence electrons. The number of carbonyl (C=O) groups excluding carboxylic acids is 1. The number of halogens is 1. The van der Waals surface area contributed by atoms with Crippen LogP contribution in [0.4, 0.5) is 0 Å². The van der Waals surface area contributed by atoms with E-state index in [-0.39, 0.29) is 12.3 Å². The fraction of sp³-hybridized carbons (Fsp3) is 0.273. The SMILES string of the molecule is COC(=O)Cc1cc(S)cc(CCl)c1C#N. The molecule has 0 N–H and O–H groups in total. The van der Waals surface area contributed by atoms with Crippen LogP contribution in [-0.2, 0) is 21.8 Å². The first-order valence-electron chi connectivity index (χ1n) is 4.50. The van der Waals surface area contributed by atoms with Crippen LogP contribution in [-0.4, -0.2) is 13.1 Å². The molecule has 5 heteroatoms. The Morgan fingerprint density at radius 1 is 1.56 bits per heavy atom. The zero-order chi connectivity index (χ0) is 12.1. The van der Waals surface area contributed by atoms with Crippen LogP contribution < -0.4 is 0 Å². The normalized spacial score (nSPS) is 9.62. The average Bonchev–Trinajstić information content (AvgIpc) is 2.28. The number of benzene rings is 1. The van der Waals surface area contributed by atoms with E-state index in [4.69, 9.17) is 16.9 Å². The van der Waals surface area contributed by atoms with E-state index in [0.717, 1.165) is 0 Å². The van der Waals surface area contributed by atoms with E-state index in [0.29, 0.717) is 21.6 Å². The molecule has 0 aliphatic rings. The minimum Gasteiger partial charge on any atom is -0.469 e. The van der Waals surface area contributed by atoms with Gasteiger partial charge in [-0.05, 0) is 23.3 Å². The number of rotatable bonds is 3. The molecule has 0 atom stereocenters. The molecule has 0 fully saturated rings. The fourth-order valence-electron chi connectivity index (χ4n) is 1.37. The average molecular weight is 256 g/mol. The highest BCUT2D eigenvalue weighted by Crippen LogP contribution is 2.22. The lowest BCUT2D eigenvalue weighted by Crippen LogP contribution is -2.07. The van der Waals surface area contributed by atoms with E-state index in [2.05, 4.69) is 17.4 Å². The van der Waals surface area contributed by atoms with Crippen molar-refractivity contribution in [2.45, 2.75) is 17.2 Å². The minimum atomic E-state index is -0.393. The number of nitriles is 1. The Labute approximate surface area is 104 Å². The molecule has 0 aliphatic carbocycles. The van der Waals surface area contributed by atoms with Crippen LogP contribution >= 0.6 is 24.2 Å². The van der Waals surface area contributed by atoms with Crippen LogP contribution in [0.2, 0.25) is 0 Å². The van der Waals surface area contributed by atoms with E-state index in [9.17, 15) is 4.79 Å². The summed E-state index contributed by atoms with van der Waals surface area (Å²) in [7, 11) is 1.31. The van der Waals surface area contributed by atoms with E-state index < -0.39 is 5.97 Å². The van der Waals surface area contributed by atoms with Gasteiger partial charge >= 0.3 is 5.97 Å². The number of ether oxygens (including phenoxy) is 1. The first-order chi connectivity index (χ1) is 7.62. The Balaban J connectivity index is 3.21. The van der Waals surface area contributed by atoms with Gasteiger partial charge < -0.3 is 4.74 Å². The highest BCUT2D eigenvalue weighted by molar-refractivity contribution is 7.80. The monoisotopic (exact) mass is 255 g/mol. The van der Waals surface area contributed by atoms with Crippen molar-refractivity contribution in [2.75, 3.05) is 7.11 Å². The second-order valence-electron chi connectivity index (χ2n) is 3.14. The van der Waals surface area contributed by atoms with Gasteiger partial charge in [0.25, 0.3) is 0 Å². The number of carbonyl (C=O) groups is 1. The highest BCUT2D eigenvalue weighted by atomic mass is 35.5. The van der Waals surface area contributed by atoms with E-state index >= 15 is 0 Å². The van der Waals surface area contributed by atoms with Crippen molar-refractivity contribution in [3.63, 3.8) is 0 Å². The summed E-state index contributed by atoms with van der Waals surface area (Å²) in [5.74, 6) is -0.179. The van der Waals surface area contributed by atoms with Gasteiger partial charge in [0.1, 0.15) is 0 Å². The Hall–Kier alpha value is -1.18. The van der Waals surface area contributed by atoms with Crippen LogP contribution in [0, 0.1) is 11.3 Å². The number of hydrogen-bond acceptors (Lipinski definition) is 4. The molecule has 0 amide bonds. The third-order valence-electron chi connectivity index (χ3n) is 2.10. The Morgan fingerprint density at radius 3 is 2.69 bits per heavy atom. The van der Waals surface area contributed by atoms with Crippen molar-refractivity contribution in [3.8, 4) is 6.07 Å². The zero-order valence-corrected chi connectivity index (χ0v) is 10.3. The molecule has 1 rings (SSSR count). The molecule has 0 bridgehead atoms. The number of thiol groups is 1. The molecule has 0 spiro atoms. The summed E-state index contributed by atoms with van der Waals surface area (Å²) >= 11 is 9.92. The molecule has 0 unspecified atom stereocenters. The molecule has 16 heavy (non-hydrogen) atoms. The predicted octanol–water partition coefficient (Wildman–Crippen LogP) is 2.30. The molecule has 1 aromatic rings. The van der Waals surface area contributed by atoms with Gasteiger partial charge in [0.2, 0.25) is 0 Å². The summed E-state index contributed by atoms with van der Waals surface area (Å²) in [5, 5.41) is 9.02. The van der Waals surface area contributed by atoms with Gasteiger partial charge in [-0.25, -0.2) is 0 Å². The first kappa shape index (κ1) is 12.9. The molecule has 1 aromatic carbocycles. The predicted molar refractivity (Wildman–Crippen MR) is 63.7 cm³/mol. The third kappa shape index (κ3) is 2.91. The largest absolute Gasteiger partial charge is 0.469 e. The molecule has 3 nitrogen and oxygen atoms in total. The Kier molecular flexibility index (Phi) is 4.66. The number of nitrogens with zero attached hydrogens (tertiary/aromatic N) is 1. The minimum absolute atomic E-state index is 0.0533. The van der Waals surface area contributed by atoms with Crippen molar-refractivity contribution >= 4 is 30.2 Å². The lowest BCUT2D eigenvalue weighted by molar-refractivity contribution is -0.139. The van der Waals surface area contributed by atoms with Gasteiger partial charge in [-0.1, -0.05) is 0 Å². The molecular weight excluding hydrogens is 246 g/mol. The molecule has 0 saturated carbocycles. The van der Waals surface area contributed by atoms with Crippen LogP contribution in [0.5, 0.6) is 0 Å². The molecular formula is C11H10ClNO2S. The van der Waals surface area contributed by atoms with Gasteiger partial charge in [-0.2, -0.15) is 5.26 Å². The molecule has 0 heterocycles. The van der Waals surface area contributed by atoms with E-state index in [1.165, 1.54) is 7.11 Å². The lowest BCUT2D eigenvalue weighted by Gasteiger charge is -2.08. The Bertz CT molecular complexity index is 454. The summed E-state index contributed by atoms with van der Waals surface area (Å²) < 4.78 is 4.56. The lowest BCUT2D eigenvalue weighted by atomic mass is 10.0. The van der Waals surface area contributed by atoms with Crippen LogP contribution in [0.25, 0.3) is 0 Å². The van der Waals surface area contributed by atoms with Gasteiger partial charge in [-0.15, -0.1) is 24.2 Å². The van der Waals surface area contributed by atoms with Crippen LogP contribution in [0.1, 0.15) is 16.7 Å². The summed E-state index contributed by atoms with van der Waals surface area (Å²) in [6.45, 7) is 0.